The molecule has 78 valence electrons. The summed E-state index contributed by atoms with van der Waals surface area (Å²) in [5, 5.41) is 0. The van der Waals surface area contributed by atoms with E-state index < -0.39 is 24.0 Å². The van der Waals surface area contributed by atoms with Crippen molar-refractivity contribution in [2.24, 2.45) is 0 Å². The maximum atomic E-state index is 11.0. The molecule has 0 aromatic heterocycles. The summed E-state index contributed by atoms with van der Waals surface area (Å²) in [5.41, 5.74) is 0. The molecule has 5 heteroatoms. The second kappa shape index (κ2) is 7.26. The maximum Gasteiger partial charge on any atom is 0.313 e. The average molecular weight is 219 g/mol. The Hall–Kier alpha value is -1.16. The molecule has 0 amide bonds. The quantitative estimate of drug-likeness (QED) is 0.275. The van der Waals surface area contributed by atoms with Crippen molar-refractivity contribution in [3.63, 3.8) is 0 Å². The molecule has 0 atom stereocenters. The minimum atomic E-state index is -0.655. The summed E-state index contributed by atoms with van der Waals surface area (Å²) < 4.78 is 4.55. The fourth-order valence-electron chi connectivity index (χ4n) is 0.694. The Morgan fingerprint density at radius 3 is 2.36 bits per heavy atom. The molecule has 4 nitrogen and oxygen atoms in total. The molecule has 0 aliphatic carbocycles. The SMILES string of the molecule is C=CCOC(=O)CC(=O)CC(=O)CCl. The smallest absolute Gasteiger partial charge is 0.313 e. The minimum absolute atomic E-state index is 0.0650. The van der Waals surface area contributed by atoms with Crippen LogP contribution < -0.4 is 0 Å². The molecule has 0 unspecified atom stereocenters. The Bertz CT molecular complexity index is 247. The van der Waals surface area contributed by atoms with Gasteiger partial charge in [-0.2, -0.15) is 0 Å². The lowest BCUT2D eigenvalue weighted by molar-refractivity contribution is -0.145. The monoisotopic (exact) mass is 218 g/mol. The fourth-order valence-corrected chi connectivity index (χ4v) is 0.788. The van der Waals surface area contributed by atoms with Crippen LogP contribution in [0.2, 0.25) is 0 Å². The molecule has 0 saturated carbocycles. The van der Waals surface area contributed by atoms with Gasteiger partial charge >= 0.3 is 5.97 Å². The van der Waals surface area contributed by atoms with Crippen LogP contribution in [0, 0.1) is 0 Å². The number of halogens is 1. The van der Waals surface area contributed by atoms with Crippen LogP contribution in [-0.4, -0.2) is 30.0 Å². The summed E-state index contributed by atoms with van der Waals surface area (Å²) in [6.45, 7) is 3.40. The number of hydrogen-bond donors (Lipinski definition) is 0. The van der Waals surface area contributed by atoms with Gasteiger partial charge in [0.05, 0.1) is 12.3 Å². The van der Waals surface area contributed by atoms with E-state index in [-0.39, 0.29) is 18.9 Å². The normalized spacial score (nSPS) is 9.21. The minimum Gasteiger partial charge on any atom is -0.461 e. The van der Waals surface area contributed by atoms with Crippen molar-refractivity contribution in [2.75, 3.05) is 12.5 Å². The Kier molecular flexibility index (Phi) is 6.66. The van der Waals surface area contributed by atoms with Crippen molar-refractivity contribution in [2.45, 2.75) is 12.8 Å². The molecule has 0 aliphatic rings. The summed E-state index contributed by atoms with van der Waals surface area (Å²) in [5.74, 6) is -1.75. The third-order valence-electron chi connectivity index (χ3n) is 1.25. The molecular formula is C9H11ClO4. The van der Waals surface area contributed by atoms with Crippen LogP contribution >= 0.6 is 11.6 Å². The first-order valence-corrected chi connectivity index (χ1v) is 4.49. The lowest BCUT2D eigenvalue weighted by atomic mass is 10.2. The zero-order chi connectivity index (χ0) is 11.0. The second-order valence-electron chi connectivity index (χ2n) is 2.54. The van der Waals surface area contributed by atoms with E-state index in [1.807, 2.05) is 0 Å². The lowest BCUT2D eigenvalue weighted by Crippen LogP contribution is -2.15. The zero-order valence-electron chi connectivity index (χ0n) is 7.62. The molecule has 0 rings (SSSR count). The summed E-state index contributed by atoms with van der Waals surface area (Å²) >= 11 is 5.19. The Balaban J connectivity index is 3.76. The third-order valence-corrected chi connectivity index (χ3v) is 1.55. The van der Waals surface area contributed by atoms with E-state index >= 15 is 0 Å². The number of esters is 1. The molecule has 0 aromatic carbocycles. The number of ketones is 2. The molecule has 0 aromatic rings. The highest BCUT2D eigenvalue weighted by atomic mass is 35.5. The molecule has 0 aliphatic heterocycles. The molecule has 0 radical (unpaired) electrons. The van der Waals surface area contributed by atoms with Crippen LogP contribution in [0.5, 0.6) is 0 Å². The van der Waals surface area contributed by atoms with Crippen molar-refractivity contribution >= 4 is 29.1 Å². The molecule has 0 heterocycles. The van der Waals surface area contributed by atoms with Gasteiger partial charge in [0.2, 0.25) is 0 Å². The summed E-state index contributed by atoms with van der Waals surface area (Å²) in [6, 6.07) is 0. The van der Waals surface area contributed by atoms with Crippen LogP contribution in [0.4, 0.5) is 0 Å². The van der Waals surface area contributed by atoms with E-state index in [2.05, 4.69) is 11.3 Å². The van der Waals surface area contributed by atoms with Crippen LogP contribution in [0.15, 0.2) is 12.7 Å². The van der Waals surface area contributed by atoms with E-state index in [0.29, 0.717) is 0 Å². The highest BCUT2D eigenvalue weighted by Crippen LogP contribution is 1.96. The molecular weight excluding hydrogens is 208 g/mol. The predicted octanol–water partition coefficient (Wildman–Crippen LogP) is 0.873. The number of hydrogen-bond acceptors (Lipinski definition) is 4. The Labute approximate surface area is 86.9 Å². The highest BCUT2D eigenvalue weighted by Gasteiger charge is 2.13. The van der Waals surface area contributed by atoms with Gasteiger partial charge in [0.15, 0.2) is 11.6 Å². The maximum absolute atomic E-state index is 11.0. The van der Waals surface area contributed by atoms with Gasteiger partial charge in [0.25, 0.3) is 0 Å². The van der Waals surface area contributed by atoms with Crippen LogP contribution in [0.25, 0.3) is 0 Å². The molecule has 0 bridgehead atoms. The van der Waals surface area contributed by atoms with Gasteiger partial charge in [-0.25, -0.2) is 0 Å². The number of carbonyl (C=O) groups excluding carboxylic acids is 3. The van der Waals surface area contributed by atoms with Gasteiger partial charge in [-0.05, 0) is 0 Å². The standard InChI is InChI=1S/C9H11ClO4/c1-2-3-14-9(13)5-7(11)4-8(12)6-10/h2H,1,3-6H2. The first kappa shape index (κ1) is 12.8. The highest BCUT2D eigenvalue weighted by molar-refractivity contribution is 6.29. The van der Waals surface area contributed by atoms with Crippen LogP contribution in [-0.2, 0) is 19.1 Å². The second-order valence-corrected chi connectivity index (χ2v) is 2.80. The zero-order valence-corrected chi connectivity index (χ0v) is 8.38. The van der Waals surface area contributed by atoms with Gasteiger partial charge in [0, 0.05) is 0 Å². The molecule has 0 spiro atoms. The first-order chi connectivity index (χ1) is 6.60. The molecule has 14 heavy (non-hydrogen) atoms. The number of ether oxygens (including phenoxy) is 1. The summed E-state index contributed by atoms with van der Waals surface area (Å²) in [4.78, 5) is 32.5. The van der Waals surface area contributed by atoms with E-state index in [1.165, 1.54) is 6.08 Å². The number of carbonyl (C=O) groups is 3. The number of rotatable bonds is 7. The lowest BCUT2D eigenvalue weighted by Gasteiger charge is -1.99. The molecule has 0 N–H and O–H groups in total. The van der Waals surface area contributed by atoms with Gasteiger partial charge < -0.3 is 4.74 Å². The topological polar surface area (TPSA) is 60.4 Å². The van der Waals surface area contributed by atoms with E-state index in [1.54, 1.807) is 0 Å². The van der Waals surface area contributed by atoms with Crippen molar-refractivity contribution in [1.82, 2.24) is 0 Å². The van der Waals surface area contributed by atoms with E-state index in [4.69, 9.17) is 11.6 Å². The largest absolute Gasteiger partial charge is 0.461 e. The van der Waals surface area contributed by atoms with Crippen LogP contribution in [0.3, 0.4) is 0 Å². The molecule has 0 saturated heterocycles. The summed E-state index contributed by atoms with van der Waals surface area (Å²) in [7, 11) is 0. The van der Waals surface area contributed by atoms with Crippen molar-refractivity contribution < 1.29 is 19.1 Å². The van der Waals surface area contributed by atoms with Crippen LogP contribution in [0.1, 0.15) is 12.8 Å². The van der Waals surface area contributed by atoms with Crippen molar-refractivity contribution in [3.05, 3.63) is 12.7 Å². The van der Waals surface area contributed by atoms with Gasteiger partial charge in [-0.1, -0.05) is 12.7 Å². The van der Waals surface area contributed by atoms with E-state index in [0.717, 1.165) is 0 Å². The third kappa shape index (κ3) is 6.37. The number of Topliss-reactive ketones (excluding diaryl/α,β-unsaturated/α-hetero) is 2. The van der Waals surface area contributed by atoms with Gasteiger partial charge in [-0.15, -0.1) is 11.6 Å². The van der Waals surface area contributed by atoms with E-state index in [9.17, 15) is 14.4 Å². The first-order valence-electron chi connectivity index (χ1n) is 3.96. The van der Waals surface area contributed by atoms with Crippen molar-refractivity contribution in [1.29, 1.82) is 0 Å². The van der Waals surface area contributed by atoms with Gasteiger partial charge in [-0.3, -0.25) is 14.4 Å². The molecule has 0 fully saturated rings. The fraction of sp³-hybridized carbons (Fsp3) is 0.444. The summed E-state index contributed by atoms with van der Waals surface area (Å²) in [6.07, 6.45) is 0.690. The van der Waals surface area contributed by atoms with Crippen molar-refractivity contribution in [3.8, 4) is 0 Å². The number of alkyl halides is 1. The Morgan fingerprint density at radius 1 is 1.21 bits per heavy atom. The van der Waals surface area contributed by atoms with Gasteiger partial charge in [0.1, 0.15) is 13.0 Å². The predicted molar refractivity (Wildman–Crippen MR) is 51.1 cm³/mol. The Morgan fingerprint density at radius 2 is 1.86 bits per heavy atom. The average Bonchev–Trinajstić information content (AvgIpc) is 2.14.